The molecule has 0 fully saturated rings. The molecule has 0 saturated heterocycles. The molecule has 3 heteroatoms. The van der Waals surface area contributed by atoms with E-state index in [4.69, 9.17) is 16.3 Å². The lowest BCUT2D eigenvalue weighted by Crippen LogP contribution is -2.15. The van der Waals surface area contributed by atoms with Crippen molar-refractivity contribution in [2.24, 2.45) is 0 Å². The van der Waals surface area contributed by atoms with Crippen LogP contribution in [0.3, 0.4) is 0 Å². The van der Waals surface area contributed by atoms with E-state index in [2.05, 4.69) is 24.4 Å². The number of hydrogen-bond acceptors (Lipinski definition) is 2. The van der Waals surface area contributed by atoms with Crippen LogP contribution in [0, 0.1) is 0 Å². The van der Waals surface area contributed by atoms with Gasteiger partial charge in [-0.15, -0.1) is 11.6 Å². The summed E-state index contributed by atoms with van der Waals surface area (Å²) in [5, 5.41) is 3.10. The van der Waals surface area contributed by atoms with E-state index in [-0.39, 0.29) is 0 Å². The van der Waals surface area contributed by atoms with Crippen molar-refractivity contribution >= 4 is 11.6 Å². The minimum absolute atomic E-state index is 0.496. The second-order valence-electron chi connectivity index (χ2n) is 3.38. The Balaban J connectivity index is 2.72. The molecule has 0 bridgehead atoms. The molecule has 0 spiro atoms. The van der Waals surface area contributed by atoms with Crippen LogP contribution >= 0.6 is 11.6 Å². The van der Waals surface area contributed by atoms with E-state index >= 15 is 0 Å². The highest BCUT2D eigenvalue weighted by atomic mass is 35.5. The zero-order chi connectivity index (χ0) is 11.1. The number of aryl methyl sites for hydroxylation is 1. The number of benzene rings is 1. The number of nitrogens with one attached hydrogen (secondary N) is 1. The lowest BCUT2D eigenvalue weighted by atomic mass is 10.1. The number of ether oxygens (including phenoxy) is 1. The van der Waals surface area contributed by atoms with Crippen LogP contribution in [0.4, 0.5) is 0 Å². The van der Waals surface area contributed by atoms with Gasteiger partial charge in [-0.25, -0.2) is 0 Å². The van der Waals surface area contributed by atoms with Gasteiger partial charge in [0.05, 0.1) is 13.1 Å². The highest BCUT2D eigenvalue weighted by Crippen LogP contribution is 2.20. The summed E-state index contributed by atoms with van der Waals surface area (Å²) in [4.78, 5) is 0. The fraction of sp³-hybridized carbons (Fsp3) is 0.500. The predicted octanol–water partition coefficient (Wildman–Crippen LogP) is 2.59. The van der Waals surface area contributed by atoms with Crippen LogP contribution < -0.4 is 10.1 Å². The minimum atomic E-state index is 0.496. The van der Waals surface area contributed by atoms with Crippen LogP contribution in [0.15, 0.2) is 18.2 Å². The summed E-state index contributed by atoms with van der Waals surface area (Å²) in [6.45, 7) is 3.04. The average molecular weight is 228 g/mol. The summed E-state index contributed by atoms with van der Waals surface area (Å²) in [7, 11) is 1.71. The summed E-state index contributed by atoms with van der Waals surface area (Å²) < 4.78 is 5.31. The van der Waals surface area contributed by atoms with Gasteiger partial charge in [-0.3, -0.25) is 0 Å². The quantitative estimate of drug-likeness (QED) is 0.458. The van der Waals surface area contributed by atoms with E-state index in [0.717, 1.165) is 25.1 Å². The Kier molecular flexibility index (Phi) is 5.51. The van der Waals surface area contributed by atoms with Crippen LogP contribution in [0.2, 0.25) is 0 Å². The standard InChI is InChI=1S/C12H18ClNO/c1-3-10-4-5-12(15-2)11(8-10)6-7-14-9-13/h4-5,8,14H,3,6-7,9H2,1-2H3. The monoisotopic (exact) mass is 227 g/mol. The number of alkyl halides is 1. The molecule has 0 atom stereocenters. The van der Waals surface area contributed by atoms with Crippen LogP contribution in [0.5, 0.6) is 5.75 Å². The van der Waals surface area contributed by atoms with Crippen molar-refractivity contribution in [1.82, 2.24) is 5.32 Å². The largest absolute Gasteiger partial charge is 0.496 e. The highest BCUT2D eigenvalue weighted by Gasteiger charge is 2.03. The first-order valence-electron chi connectivity index (χ1n) is 5.24. The molecule has 0 heterocycles. The van der Waals surface area contributed by atoms with Gasteiger partial charge in [-0.05, 0) is 30.0 Å². The second kappa shape index (κ2) is 6.70. The van der Waals surface area contributed by atoms with Crippen molar-refractivity contribution in [3.8, 4) is 5.75 Å². The first-order valence-corrected chi connectivity index (χ1v) is 5.77. The first-order chi connectivity index (χ1) is 7.31. The fourth-order valence-electron chi connectivity index (χ4n) is 1.54. The Morgan fingerprint density at radius 1 is 1.40 bits per heavy atom. The zero-order valence-corrected chi connectivity index (χ0v) is 10.1. The Bertz CT molecular complexity index is 302. The van der Waals surface area contributed by atoms with Gasteiger partial charge in [0.1, 0.15) is 5.75 Å². The Labute approximate surface area is 96.6 Å². The Morgan fingerprint density at radius 2 is 2.20 bits per heavy atom. The molecule has 1 N–H and O–H groups in total. The van der Waals surface area contributed by atoms with Crippen molar-refractivity contribution in [3.63, 3.8) is 0 Å². The molecule has 0 radical (unpaired) electrons. The molecule has 1 aromatic carbocycles. The van der Waals surface area contributed by atoms with E-state index in [1.54, 1.807) is 7.11 Å². The number of methoxy groups -OCH3 is 1. The molecular formula is C12H18ClNO. The van der Waals surface area contributed by atoms with Gasteiger partial charge in [0.15, 0.2) is 0 Å². The van der Waals surface area contributed by atoms with Gasteiger partial charge in [0.2, 0.25) is 0 Å². The van der Waals surface area contributed by atoms with Crippen molar-refractivity contribution < 1.29 is 4.74 Å². The number of rotatable bonds is 6. The highest BCUT2D eigenvalue weighted by molar-refractivity contribution is 6.17. The van der Waals surface area contributed by atoms with Crippen LogP contribution in [0.25, 0.3) is 0 Å². The molecule has 84 valence electrons. The van der Waals surface area contributed by atoms with E-state index in [1.807, 2.05) is 6.07 Å². The van der Waals surface area contributed by atoms with E-state index in [9.17, 15) is 0 Å². The van der Waals surface area contributed by atoms with E-state index < -0.39 is 0 Å². The van der Waals surface area contributed by atoms with Crippen molar-refractivity contribution in [3.05, 3.63) is 29.3 Å². The molecule has 1 aromatic rings. The lowest BCUT2D eigenvalue weighted by molar-refractivity contribution is 0.409. The third-order valence-corrected chi connectivity index (χ3v) is 2.61. The molecule has 2 nitrogen and oxygen atoms in total. The summed E-state index contributed by atoms with van der Waals surface area (Å²) in [5.41, 5.74) is 2.59. The summed E-state index contributed by atoms with van der Waals surface area (Å²) in [5.74, 6) is 0.962. The summed E-state index contributed by atoms with van der Waals surface area (Å²) in [6.07, 6.45) is 2.00. The molecule has 0 aliphatic heterocycles. The molecule has 15 heavy (non-hydrogen) atoms. The summed E-state index contributed by atoms with van der Waals surface area (Å²) in [6, 6.07) is 6.84. The summed E-state index contributed by atoms with van der Waals surface area (Å²) >= 11 is 5.56. The molecule has 0 unspecified atom stereocenters. The molecule has 0 aromatic heterocycles. The molecule has 0 aliphatic rings. The van der Waals surface area contributed by atoms with E-state index in [1.165, 1.54) is 11.1 Å². The maximum absolute atomic E-state index is 5.56. The maximum Gasteiger partial charge on any atom is 0.122 e. The third-order valence-electron chi connectivity index (χ3n) is 2.42. The normalized spacial score (nSPS) is 10.3. The third kappa shape index (κ3) is 3.73. The molecular weight excluding hydrogens is 210 g/mol. The number of halogens is 1. The Morgan fingerprint density at radius 3 is 2.80 bits per heavy atom. The van der Waals surface area contributed by atoms with Crippen LogP contribution in [-0.4, -0.2) is 19.7 Å². The zero-order valence-electron chi connectivity index (χ0n) is 9.35. The van der Waals surface area contributed by atoms with Crippen LogP contribution in [-0.2, 0) is 12.8 Å². The van der Waals surface area contributed by atoms with Gasteiger partial charge in [0.25, 0.3) is 0 Å². The SMILES string of the molecule is CCc1ccc(OC)c(CCNCCl)c1. The fourth-order valence-corrected chi connectivity index (χ4v) is 1.67. The van der Waals surface area contributed by atoms with Gasteiger partial charge >= 0.3 is 0 Å². The van der Waals surface area contributed by atoms with Crippen LogP contribution in [0.1, 0.15) is 18.1 Å². The second-order valence-corrected chi connectivity index (χ2v) is 3.65. The lowest BCUT2D eigenvalue weighted by Gasteiger charge is -2.10. The Hall–Kier alpha value is -0.730. The van der Waals surface area contributed by atoms with E-state index in [0.29, 0.717) is 6.00 Å². The van der Waals surface area contributed by atoms with Gasteiger partial charge < -0.3 is 10.1 Å². The maximum atomic E-state index is 5.56. The van der Waals surface area contributed by atoms with Gasteiger partial charge in [-0.1, -0.05) is 19.1 Å². The molecule has 0 amide bonds. The molecule has 0 saturated carbocycles. The van der Waals surface area contributed by atoms with Crippen molar-refractivity contribution in [2.75, 3.05) is 19.7 Å². The van der Waals surface area contributed by atoms with Crippen molar-refractivity contribution in [1.29, 1.82) is 0 Å². The minimum Gasteiger partial charge on any atom is -0.496 e. The topological polar surface area (TPSA) is 21.3 Å². The molecule has 1 rings (SSSR count). The number of hydrogen-bond donors (Lipinski definition) is 1. The molecule has 0 aliphatic carbocycles. The predicted molar refractivity (Wildman–Crippen MR) is 64.8 cm³/mol. The van der Waals surface area contributed by atoms with Crippen molar-refractivity contribution in [2.45, 2.75) is 19.8 Å². The average Bonchev–Trinajstić information content (AvgIpc) is 2.29. The smallest absolute Gasteiger partial charge is 0.122 e. The van der Waals surface area contributed by atoms with Gasteiger partial charge in [-0.2, -0.15) is 0 Å². The first kappa shape index (κ1) is 12.3. The van der Waals surface area contributed by atoms with Gasteiger partial charge in [0, 0.05) is 6.54 Å².